The summed E-state index contributed by atoms with van der Waals surface area (Å²) < 4.78 is 3.16. The molecule has 0 radical (unpaired) electrons. The van der Waals surface area contributed by atoms with E-state index in [4.69, 9.17) is 0 Å². The molecule has 0 aliphatic carbocycles. The number of benzene rings is 1. The van der Waals surface area contributed by atoms with E-state index in [1.165, 1.54) is 11.1 Å². The molecule has 0 spiro atoms. The van der Waals surface area contributed by atoms with Gasteiger partial charge in [-0.25, -0.2) is 0 Å². The predicted octanol–water partition coefficient (Wildman–Crippen LogP) is 3.62. The van der Waals surface area contributed by atoms with Crippen molar-refractivity contribution in [2.45, 2.75) is 13.8 Å². The highest BCUT2D eigenvalue weighted by molar-refractivity contribution is 7.24. The number of thiazole rings is 1. The number of aryl methyl sites for hydroxylation is 2. The van der Waals surface area contributed by atoms with Crippen molar-refractivity contribution in [3.63, 3.8) is 0 Å². The van der Waals surface area contributed by atoms with E-state index >= 15 is 0 Å². The third-order valence-corrected chi connectivity index (χ3v) is 4.42. The van der Waals surface area contributed by atoms with Crippen LogP contribution in [0.4, 0.5) is 0 Å². The first-order chi connectivity index (χ1) is 9.72. The van der Waals surface area contributed by atoms with Crippen LogP contribution in [0.1, 0.15) is 11.1 Å². The van der Waals surface area contributed by atoms with Crippen LogP contribution in [0.5, 0.6) is 0 Å². The van der Waals surface area contributed by atoms with Crippen LogP contribution in [-0.2, 0) is 0 Å². The fourth-order valence-electron chi connectivity index (χ4n) is 2.60. The molecule has 5 heteroatoms. The van der Waals surface area contributed by atoms with E-state index in [1.807, 2.05) is 16.7 Å². The van der Waals surface area contributed by atoms with Crippen LogP contribution < -0.4 is 0 Å². The topological polar surface area (TPSA) is 43.1 Å². The smallest absolute Gasteiger partial charge is 0.217 e. The zero-order valence-corrected chi connectivity index (χ0v) is 12.0. The molecule has 0 amide bonds. The SMILES string of the molecule is Cc1cc(C)cc(-c2nccc3c2sc2nncn23)c1. The van der Waals surface area contributed by atoms with Gasteiger partial charge in [-0.15, -0.1) is 10.2 Å². The maximum absolute atomic E-state index is 4.58. The number of pyridine rings is 1. The van der Waals surface area contributed by atoms with E-state index in [1.54, 1.807) is 17.7 Å². The van der Waals surface area contributed by atoms with Gasteiger partial charge in [0.05, 0.1) is 15.9 Å². The predicted molar refractivity (Wildman–Crippen MR) is 81.1 cm³/mol. The Balaban J connectivity index is 2.08. The second-order valence-electron chi connectivity index (χ2n) is 4.97. The van der Waals surface area contributed by atoms with Gasteiger partial charge in [0.25, 0.3) is 0 Å². The monoisotopic (exact) mass is 280 g/mol. The molecule has 1 aromatic carbocycles. The molecule has 4 aromatic rings. The van der Waals surface area contributed by atoms with E-state index in [-0.39, 0.29) is 0 Å². The second kappa shape index (κ2) is 4.11. The fourth-order valence-corrected chi connectivity index (χ4v) is 3.65. The highest BCUT2D eigenvalue weighted by Gasteiger charge is 2.12. The third kappa shape index (κ3) is 1.63. The van der Waals surface area contributed by atoms with Crippen molar-refractivity contribution in [3.05, 3.63) is 47.9 Å². The number of hydrogen-bond acceptors (Lipinski definition) is 4. The second-order valence-corrected chi connectivity index (χ2v) is 5.95. The lowest BCUT2D eigenvalue weighted by Gasteiger charge is -2.05. The highest BCUT2D eigenvalue weighted by Crippen LogP contribution is 2.33. The van der Waals surface area contributed by atoms with E-state index in [0.717, 1.165) is 26.4 Å². The number of hydrogen-bond donors (Lipinski definition) is 0. The van der Waals surface area contributed by atoms with Gasteiger partial charge in [-0.1, -0.05) is 28.5 Å². The summed E-state index contributed by atoms with van der Waals surface area (Å²) in [5, 5.41) is 8.07. The van der Waals surface area contributed by atoms with E-state index in [0.29, 0.717) is 0 Å². The molecule has 3 heterocycles. The molecule has 0 bridgehead atoms. The van der Waals surface area contributed by atoms with Crippen molar-refractivity contribution in [1.29, 1.82) is 0 Å². The Morgan fingerprint density at radius 3 is 2.70 bits per heavy atom. The van der Waals surface area contributed by atoms with E-state index in [9.17, 15) is 0 Å². The summed E-state index contributed by atoms with van der Waals surface area (Å²) in [7, 11) is 0. The minimum absolute atomic E-state index is 0.902. The van der Waals surface area contributed by atoms with Crippen LogP contribution in [0.15, 0.2) is 36.8 Å². The average Bonchev–Trinajstić information content (AvgIpc) is 2.97. The summed E-state index contributed by atoms with van der Waals surface area (Å²) in [4.78, 5) is 5.48. The molecule has 4 rings (SSSR count). The summed E-state index contributed by atoms with van der Waals surface area (Å²) in [6, 6.07) is 8.54. The van der Waals surface area contributed by atoms with Crippen molar-refractivity contribution in [2.75, 3.05) is 0 Å². The standard InChI is InChI=1S/C15H12N4S/c1-9-5-10(2)7-11(6-9)13-14-12(3-4-16-13)19-8-17-18-15(19)20-14/h3-8H,1-2H3. The minimum Gasteiger partial charge on any atom is -0.272 e. The molecule has 0 saturated heterocycles. The summed E-state index contributed by atoms with van der Waals surface area (Å²) in [5.74, 6) is 0. The average molecular weight is 280 g/mol. The van der Waals surface area contributed by atoms with Crippen LogP contribution in [0, 0.1) is 13.8 Å². The molecule has 0 unspecified atom stereocenters. The number of nitrogens with zero attached hydrogens (tertiary/aromatic N) is 4. The van der Waals surface area contributed by atoms with Gasteiger partial charge < -0.3 is 0 Å². The zero-order valence-electron chi connectivity index (χ0n) is 11.2. The van der Waals surface area contributed by atoms with Gasteiger partial charge in [0.15, 0.2) is 0 Å². The molecular formula is C15H12N4S. The Bertz CT molecular complexity index is 915. The number of fused-ring (bicyclic) bond motifs is 3. The van der Waals surface area contributed by atoms with Crippen LogP contribution in [0.25, 0.3) is 26.4 Å². The molecular weight excluding hydrogens is 268 g/mol. The Morgan fingerprint density at radius 2 is 1.90 bits per heavy atom. The summed E-state index contributed by atoms with van der Waals surface area (Å²) in [6.45, 7) is 4.23. The van der Waals surface area contributed by atoms with Gasteiger partial charge in [0.2, 0.25) is 4.96 Å². The first kappa shape index (κ1) is 11.5. The largest absolute Gasteiger partial charge is 0.272 e. The third-order valence-electron chi connectivity index (χ3n) is 3.35. The zero-order chi connectivity index (χ0) is 13.7. The maximum Gasteiger partial charge on any atom is 0.217 e. The quantitative estimate of drug-likeness (QED) is 0.535. The van der Waals surface area contributed by atoms with Gasteiger partial charge in [0.1, 0.15) is 6.33 Å². The van der Waals surface area contributed by atoms with Gasteiger partial charge in [-0.3, -0.25) is 9.38 Å². The summed E-state index contributed by atoms with van der Waals surface area (Å²) >= 11 is 1.63. The number of rotatable bonds is 1. The Kier molecular flexibility index (Phi) is 2.37. The first-order valence-electron chi connectivity index (χ1n) is 6.38. The van der Waals surface area contributed by atoms with Gasteiger partial charge in [-0.05, 0) is 32.0 Å². The lowest BCUT2D eigenvalue weighted by atomic mass is 10.0. The molecule has 0 N–H and O–H groups in total. The van der Waals surface area contributed by atoms with Crippen molar-refractivity contribution >= 4 is 26.5 Å². The van der Waals surface area contributed by atoms with Crippen LogP contribution >= 0.6 is 11.3 Å². The molecule has 0 aliphatic heterocycles. The van der Waals surface area contributed by atoms with Crippen molar-refractivity contribution < 1.29 is 0 Å². The lowest BCUT2D eigenvalue weighted by Crippen LogP contribution is -1.87. The molecule has 0 aliphatic rings. The highest BCUT2D eigenvalue weighted by atomic mass is 32.1. The fraction of sp³-hybridized carbons (Fsp3) is 0.133. The lowest BCUT2D eigenvalue weighted by molar-refractivity contribution is 1.11. The van der Waals surface area contributed by atoms with E-state index in [2.05, 4.69) is 47.2 Å². The molecule has 0 atom stereocenters. The molecule has 0 fully saturated rings. The Morgan fingerprint density at radius 1 is 1.10 bits per heavy atom. The molecule has 4 nitrogen and oxygen atoms in total. The Hall–Kier alpha value is -2.27. The molecule has 3 aromatic heterocycles. The molecule has 0 saturated carbocycles. The van der Waals surface area contributed by atoms with Crippen LogP contribution in [0.3, 0.4) is 0 Å². The minimum atomic E-state index is 0.902. The summed E-state index contributed by atoms with van der Waals surface area (Å²) in [6.07, 6.45) is 3.60. The normalized spacial score (nSPS) is 11.5. The molecule has 20 heavy (non-hydrogen) atoms. The number of aromatic nitrogens is 4. The first-order valence-corrected chi connectivity index (χ1v) is 7.20. The van der Waals surface area contributed by atoms with Gasteiger partial charge >= 0.3 is 0 Å². The van der Waals surface area contributed by atoms with Gasteiger partial charge in [0, 0.05) is 11.8 Å². The van der Waals surface area contributed by atoms with Crippen LogP contribution in [-0.4, -0.2) is 19.6 Å². The Labute approximate surface area is 119 Å². The summed E-state index contributed by atoms with van der Waals surface area (Å²) in [5.41, 5.74) is 5.79. The van der Waals surface area contributed by atoms with Gasteiger partial charge in [-0.2, -0.15) is 0 Å². The van der Waals surface area contributed by atoms with E-state index < -0.39 is 0 Å². The maximum atomic E-state index is 4.58. The van der Waals surface area contributed by atoms with Crippen molar-refractivity contribution in [2.24, 2.45) is 0 Å². The van der Waals surface area contributed by atoms with Crippen molar-refractivity contribution in [3.8, 4) is 11.3 Å². The van der Waals surface area contributed by atoms with Crippen molar-refractivity contribution in [1.82, 2.24) is 19.6 Å². The van der Waals surface area contributed by atoms with Crippen LogP contribution in [0.2, 0.25) is 0 Å². The molecule has 98 valence electrons.